The SMILES string of the molecule is Cc1ccc(NC(=O)C2C(=O)NC(CC3CCCCC3)C2=O)c(CS(N)(=O)=O)c1. The third-order valence-corrected chi connectivity index (χ3v) is 6.35. The molecule has 29 heavy (non-hydrogen) atoms. The van der Waals surface area contributed by atoms with Gasteiger partial charge in [0.05, 0.1) is 11.8 Å². The quantitative estimate of drug-likeness (QED) is 0.596. The third-order valence-electron chi connectivity index (χ3n) is 5.64. The molecule has 1 heterocycles. The first kappa shape index (κ1) is 21.4. The van der Waals surface area contributed by atoms with Gasteiger partial charge in [0.1, 0.15) is 0 Å². The molecule has 9 heteroatoms. The van der Waals surface area contributed by atoms with Crippen molar-refractivity contribution in [2.45, 2.75) is 57.2 Å². The summed E-state index contributed by atoms with van der Waals surface area (Å²) in [5, 5.41) is 10.3. The number of nitrogens with one attached hydrogen (secondary N) is 2. The van der Waals surface area contributed by atoms with E-state index >= 15 is 0 Å². The number of hydrogen-bond acceptors (Lipinski definition) is 5. The fourth-order valence-electron chi connectivity index (χ4n) is 4.22. The van der Waals surface area contributed by atoms with Crippen LogP contribution in [0.4, 0.5) is 5.69 Å². The Hall–Kier alpha value is -2.26. The lowest BCUT2D eigenvalue weighted by Crippen LogP contribution is -2.33. The molecule has 1 saturated carbocycles. The van der Waals surface area contributed by atoms with Gasteiger partial charge in [0.15, 0.2) is 11.7 Å². The number of carbonyl (C=O) groups is 3. The van der Waals surface area contributed by atoms with Crippen LogP contribution in [-0.4, -0.2) is 32.1 Å². The normalized spacial score (nSPS) is 23.1. The zero-order valence-electron chi connectivity index (χ0n) is 16.4. The highest BCUT2D eigenvalue weighted by Gasteiger charge is 2.46. The lowest BCUT2D eigenvalue weighted by atomic mass is 9.83. The van der Waals surface area contributed by atoms with Crippen LogP contribution in [0.2, 0.25) is 0 Å². The molecule has 3 rings (SSSR count). The average Bonchev–Trinajstić information content (AvgIpc) is 2.90. The molecule has 0 bridgehead atoms. The van der Waals surface area contributed by atoms with Crippen molar-refractivity contribution in [3.63, 3.8) is 0 Å². The maximum absolute atomic E-state index is 12.7. The van der Waals surface area contributed by atoms with Crippen molar-refractivity contribution in [2.75, 3.05) is 5.32 Å². The molecule has 1 aromatic carbocycles. The van der Waals surface area contributed by atoms with Crippen LogP contribution >= 0.6 is 0 Å². The largest absolute Gasteiger partial charge is 0.345 e. The number of primary sulfonamides is 1. The van der Waals surface area contributed by atoms with Crippen molar-refractivity contribution in [2.24, 2.45) is 17.0 Å². The number of nitrogens with two attached hydrogens (primary N) is 1. The van der Waals surface area contributed by atoms with Gasteiger partial charge < -0.3 is 10.6 Å². The van der Waals surface area contributed by atoms with Gasteiger partial charge in [-0.05, 0) is 30.9 Å². The lowest BCUT2D eigenvalue weighted by Gasteiger charge is -2.23. The maximum Gasteiger partial charge on any atom is 0.244 e. The molecular formula is C20H27N3O5S. The topological polar surface area (TPSA) is 135 Å². The number of benzene rings is 1. The number of sulfonamides is 1. The monoisotopic (exact) mass is 421 g/mol. The van der Waals surface area contributed by atoms with Gasteiger partial charge in [0.2, 0.25) is 21.8 Å². The van der Waals surface area contributed by atoms with E-state index in [9.17, 15) is 22.8 Å². The molecule has 1 saturated heterocycles. The van der Waals surface area contributed by atoms with E-state index in [2.05, 4.69) is 10.6 Å². The van der Waals surface area contributed by atoms with Crippen molar-refractivity contribution in [3.05, 3.63) is 29.3 Å². The summed E-state index contributed by atoms with van der Waals surface area (Å²) >= 11 is 0. The maximum atomic E-state index is 12.7. The molecule has 2 aliphatic rings. The van der Waals surface area contributed by atoms with Crippen molar-refractivity contribution in [3.8, 4) is 0 Å². The van der Waals surface area contributed by atoms with Crippen LogP contribution in [0, 0.1) is 18.8 Å². The molecule has 1 aliphatic heterocycles. The lowest BCUT2D eigenvalue weighted by molar-refractivity contribution is -0.135. The van der Waals surface area contributed by atoms with Gasteiger partial charge in [-0.15, -0.1) is 0 Å². The number of hydrogen-bond donors (Lipinski definition) is 3. The third kappa shape index (κ3) is 5.42. The first-order valence-corrected chi connectivity index (χ1v) is 11.6. The highest BCUT2D eigenvalue weighted by Crippen LogP contribution is 2.30. The van der Waals surface area contributed by atoms with Crippen molar-refractivity contribution in [1.29, 1.82) is 0 Å². The van der Waals surface area contributed by atoms with Gasteiger partial charge >= 0.3 is 0 Å². The molecule has 2 atom stereocenters. The van der Waals surface area contributed by atoms with Gasteiger partial charge in [-0.3, -0.25) is 14.4 Å². The minimum Gasteiger partial charge on any atom is -0.345 e. The van der Waals surface area contributed by atoms with Crippen LogP contribution in [0.15, 0.2) is 18.2 Å². The van der Waals surface area contributed by atoms with E-state index in [0.29, 0.717) is 17.9 Å². The molecular weight excluding hydrogens is 394 g/mol. The Morgan fingerprint density at radius 2 is 1.90 bits per heavy atom. The van der Waals surface area contributed by atoms with E-state index in [1.165, 1.54) is 6.42 Å². The molecule has 0 spiro atoms. The zero-order valence-corrected chi connectivity index (χ0v) is 17.3. The second-order valence-electron chi connectivity index (χ2n) is 8.09. The highest BCUT2D eigenvalue weighted by molar-refractivity contribution is 7.88. The van der Waals surface area contributed by atoms with Gasteiger partial charge in [-0.25, -0.2) is 13.6 Å². The summed E-state index contributed by atoms with van der Waals surface area (Å²) in [4.78, 5) is 37.8. The number of amides is 2. The molecule has 2 fully saturated rings. The Kier molecular flexibility index (Phi) is 6.38. The fourth-order valence-corrected chi connectivity index (χ4v) is 4.89. The number of anilines is 1. The Labute approximate surface area is 170 Å². The van der Waals surface area contributed by atoms with Crippen LogP contribution in [0.25, 0.3) is 0 Å². The molecule has 2 amide bonds. The summed E-state index contributed by atoms with van der Waals surface area (Å²) in [7, 11) is -3.82. The summed E-state index contributed by atoms with van der Waals surface area (Å²) in [6.45, 7) is 1.78. The highest BCUT2D eigenvalue weighted by atomic mass is 32.2. The van der Waals surface area contributed by atoms with E-state index in [4.69, 9.17) is 5.14 Å². The van der Waals surface area contributed by atoms with Crippen LogP contribution in [0.5, 0.6) is 0 Å². The van der Waals surface area contributed by atoms with E-state index in [1.807, 2.05) is 0 Å². The number of aryl methyl sites for hydroxylation is 1. The summed E-state index contributed by atoms with van der Waals surface area (Å²) in [6.07, 6.45) is 6.10. The number of Topliss-reactive ketones (excluding diaryl/α,β-unsaturated/α-hetero) is 1. The van der Waals surface area contributed by atoms with Crippen molar-refractivity contribution >= 4 is 33.3 Å². The molecule has 8 nitrogen and oxygen atoms in total. The summed E-state index contributed by atoms with van der Waals surface area (Å²) in [5.41, 5.74) is 1.33. The minimum atomic E-state index is -3.82. The van der Waals surface area contributed by atoms with Crippen LogP contribution in [0.3, 0.4) is 0 Å². The fraction of sp³-hybridized carbons (Fsp3) is 0.550. The molecule has 1 aliphatic carbocycles. The molecule has 1 aromatic rings. The Morgan fingerprint density at radius 1 is 1.21 bits per heavy atom. The van der Waals surface area contributed by atoms with E-state index in [0.717, 1.165) is 31.2 Å². The van der Waals surface area contributed by atoms with Crippen LogP contribution in [-0.2, 0) is 30.2 Å². The average molecular weight is 422 g/mol. The van der Waals surface area contributed by atoms with Gasteiger partial charge in [0, 0.05) is 5.69 Å². The Balaban J connectivity index is 1.72. The summed E-state index contributed by atoms with van der Waals surface area (Å²) in [6, 6.07) is 4.21. The smallest absolute Gasteiger partial charge is 0.244 e. The second kappa shape index (κ2) is 8.62. The predicted molar refractivity (Wildman–Crippen MR) is 108 cm³/mol. The molecule has 2 unspecified atom stereocenters. The van der Waals surface area contributed by atoms with E-state index in [1.54, 1.807) is 25.1 Å². The number of ketones is 1. The minimum absolute atomic E-state index is 0.228. The Morgan fingerprint density at radius 3 is 2.55 bits per heavy atom. The first-order chi connectivity index (χ1) is 13.6. The predicted octanol–water partition coefficient (Wildman–Crippen LogP) is 1.38. The van der Waals surface area contributed by atoms with Crippen LogP contribution < -0.4 is 15.8 Å². The summed E-state index contributed by atoms with van der Waals surface area (Å²) in [5.74, 6) is -3.27. The number of rotatable bonds is 6. The standard InChI is InChI=1S/C20H27N3O5S/c1-12-7-8-15(14(9-12)11-29(21,27)28)22-19(25)17-18(24)16(23-20(17)26)10-13-5-3-2-4-6-13/h7-9,13,16-17H,2-6,10-11H2,1H3,(H,22,25)(H,23,26)(H2,21,27,28). The Bertz CT molecular complexity index is 922. The molecule has 0 radical (unpaired) electrons. The van der Waals surface area contributed by atoms with E-state index < -0.39 is 45.3 Å². The van der Waals surface area contributed by atoms with Crippen molar-refractivity contribution in [1.82, 2.24) is 5.32 Å². The second-order valence-corrected chi connectivity index (χ2v) is 9.71. The number of carbonyl (C=O) groups excluding carboxylic acids is 3. The molecule has 4 N–H and O–H groups in total. The van der Waals surface area contributed by atoms with Gasteiger partial charge in [-0.2, -0.15) is 0 Å². The first-order valence-electron chi connectivity index (χ1n) is 9.89. The van der Waals surface area contributed by atoms with Gasteiger partial charge in [0.25, 0.3) is 0 Å². The molecule has 0 aromatic heterocycles. The summed E-state index contributed by atoms with van der Waals surface area (Å²) < 4.78 is 23.0. The zero-order chi connectivity index (χ0) is 21.2. The van der Waals surface area contributed by atoms with Crippen molar-refractivity contribution < 1.29 is 22.8 Å². The van der Waals surface area contributed by atoms with E-state index in [-0.39, 0.29) is 5.69 Å². The van der Waals surface area contributed by atoms with Crippen LogP contribution in [0.1, 0.15) is 49.7 Å². The molecule has 158 valence electrons. The van der Waals surface area contributed by atoms with Gasteiger partial charge in [-0.1, -0.05) is 49.8 Å².